The van der Waals surface area contributed by atoms with Gasteiger partial charge in [0.2, 0.25) is 6.19 Å². The maximum Gasteiger partial charge on any atom is 0.262 e. The fourth-order valence-electron chi connectivity index (χ4n) is 4.09. The first-order valence-electron chi connectivity index (χ1n) is 10.5. The normalized spacial score (nSPS) is 21.7. The van der Waals surface area contributed by atoms with Crippen molar-refractivity contribution in [1.29, 1.82) is 5.26 Å². The lowest BCUT2D eigenvalue weighted by Crippen LogP contribution is -2.55. The lowest BCUT2D eigenvalue weighted by Gasteiger charge is -2.31. The van der Waals surface area contributed by atoms with E-state index < -0.39 is 5.54 Å². The molecule has 10 heteroatoms. The quantitative estimate of drug-likeness (QED) is 0.629. The molecule has 4 rings (SSSR count). The molecule has 1 atom stereocenters. The number of aliphatic imine (C=N–C) groups is 1. The third kappa shape index (κ3) is 5.09. The highest BCUT2D eigenvalue weighted by Crippen LogP contribution is 2.28. The van der Waals surface area contributed by atoms with Gasteiger partial charge in [-0.25, -0.2) is 0 Å². The molecule has 3 heterocycles. The van der Waals surface area contributed by atoms with Crippen molar-refractivity contribution in [1.82, 2.24) is 5.32 Å². The minimum atomic E-state index is -1.06. The Kier molecular flexibility index (Phi) is 7.10. The number of amides is 1. The summed E-state index contributed by atoms with van der Waals surface area (Å²) in [6.07, 6.45) is 2.42. The molecule has 0 radical (unpaired) electrons. The van der Waals surface area contributed by atoms with Gasteiger partial charge in [-0.3, -0.25) is 9.59 Å². The van der Waals surface area contributed by atoms with E-state index >= 15 is 0 Å². The zero-order valence-corrected chi connectivity index (χ0v) is 19.7. The van der Waals surface area contributed by atoms with Crippen LogP contribution >= 0.6 is 22.9 Å². The summed E-state index contributed by atoms with van der Waals surface area (Å²) in [4.78, 5) is 32.4. The second-order valence-corrected chi connectivity index (χ2v) is 9.71. The Morgan fingerprint density at radius 3 is 2.82 bits per heavy atom. The molecule has 8 nitrogen and oxygen atoms in total. The first-order valence-corrected chi connectivity index (χ1v) is 11.7. The van der Waals surface area contributed by atoms with Crippen molar-refractivity contribution in [2.75, 3.05) is 37.9 Å². The van der Waals surface area contributed by atoms with Gasteiger partial charge in [-0.15, -0.1) is 11.3 Å². The van der Waals surface area contributed by atoms with Gasteiger partial charge < -0.3 is 19.7 Å². The van der Waals surface area contributed by atoms with Crippen molar-refractivity contribution in [2.45, 2.75) is 25.3 Å². The van der Waals surface area contributed by atoms with Crippen LogP contribution in [0.4, 0.5) is 5.69 Å². The lowest BCUT2D eigenvalue weighted by molar-refractivity contribution is -0.124. The van der Waals surface area contributed by atoms with Crippen LogP contribution in [-0.4, -0.2) is 56.0 Å². The first kappa shape index (κ1) is 23.4. The average Bonchev–Trinajstić information content (AvgIpc) is 3.45. The molecule has 2 fully saturated rings. The Hall–Kier alpha value is -2.77. The van der Waals surface area contributed by atoms with E-state index in [0.29, 0.717) is 41.2 Å². The Labute approximate surface area is 200 Å². The molecule has 2 aliphatic heterocycles. The molecule has 2 aliphatic rings. The molecule has 1 N–H and O–H groups in total. The van der Waals surface area contributed by atoms with Crippen LogP contribution in [0, 0.1) is 18.4 Å². The molecule has 0 saturated carbocycles. The number of morpholine rings is 1. The molecule has 0 aliphatic carbocycles. The van der Waals surface area contributed by atoms with Gasteiger partial charge in [0.15, 0.2) is 5.78 Å². The molecular formula is C23H23ClN4O4S. The number of aryl methyl sites for hydroxylation is 1. The van der Waals surface area contributed by atoms with Gasteiger partial charge >= 0.3 is 0 Å². The van der Waals surface area contributed by atoms with Crippen LogP contribution in [0.15, 0.2) is 35.3 Å². The zero-order chi connectivity index (χ0) is 23.4. The third-order valence-electron chi connectivity index (χ3n) is 5.80. The first-order chi connectivity index (χ1) is 15.9. The van der Waals surface area contributed by atoms with Gasteiger partial charge in [0.25, 0.3) is 5.91 Å². The number of benzene rings is 1. The standard InChI is InChI=1S/C23H23ClN4O4S/c1-15-10-16(2-3-17(15)28-7-9-31-12-21(28)26-14-25)11-19(29)23(6-8-32-13-23)27-22(30)18-4-5-20(24)33-18/h2-5,10H,6-9,11-13H2,1H3,(H,27,30)/t23-/m0/s1. The number of carbonyl (C=O) groups excluding carboxylic acids is 2. The van der Waals surface area contributed by atoms with Gasteiger partial charge in [-0.05, 0) is 36.2 Å². The molecule has 172 valence electrons. The van der Waals surface area contributed by atoms with Gasteiger partial charge in [-0.2, -0.15) is 10.3 Å². The number of nitrogens with one attached hydrogen (secondary N) is 1. The number of nitriles is 1. The van der Waals surface area contributed by atoms with E-state index in [0.717, 1.165) is 16.8 Å². The summed E-state index contributed by atoms with van der Waals surface area (Å²) < 4.78 is 11.4. The van der Waals surface area contributed by atoms with Crippen LogP contribution in [0.1, 0.15) is 27.2 Å². The topological polar surface area (TPSA) is 104 Å². The number of nitrogens with zero attached hydrogens (tertiary/aromatic N) is 3. The minimum absolute atomic E-state index is 0.0961. The van der Waals surface area contributed by atoms with E-state index in [1.165, 1.54) is 11.3 Å². The molecule has 2 aromatic rings. The Balaban J connectivity index is 1.51. The van der Waals surface area contributed by atoms with E-state index in [1.807, 2.05) is 36.2 Å². The predicted octanol–water partition coefficient (Wildman–Crippen LogP) is 3.13. The maximum absolute atomic E-state index is 13.3. The smallest absolute Gasteiger partial charge is 0.262 e. The molecule has 1 amide bonds. The number of Topliss-reactive ketones (excluding diaryl/α,β-unsaturated/α-hetero) is 1. The van der Waals surface area contributed by atoms with Crippen molar-refractivity contribution in [3.05, 3.63) is 50.7 Å². The van der Waals surface area contributed by atoms with Crippen molar-refractivity contribution < 1.29 is 19.1 Å². The number of amidine groups is 1. The fourth-order valence-corrected chi connectivity index (χ4v) is 5.03. The number of anilines is 1. The number of rotatable bonds is 6. The van der Waals surface area contributed by atoms with Crippen LogP contribution in [0.3, 0.4) is 0 Å². The third-order valence-corrected chi connectivity index (χ3v) is 7.03. The van der Waals surface area contributed by atoms with Crippen LogP contribution in [0.5, 0.6) is 0 Å². The highest BCUT2D eigenvalue weighted by Gasteiger charge is 2.43. The summed E-state index contributed by atoms with van der Waals surface area (Å²) in [6, 6.07) is 9.08. The summed E-state index contributed by atoms with van der Waals surface area (Å²) in [5, 5.41) is 11.9. The fraction of sp³-hybridized carbons (Fsp3) is 0.391. The van der Waals surface area contributed by atoms with Gasteiger partial charge in [0.05, 0.1) is 22.4 Å². The van der Waals surface area contributed by atoms with Crippen LogP contribution < -0.4 is 10.2 Å². The number of ketones is 1. The molecule has 0 bridgehead atoms. The SMILES string of the molecule is Cc1cc(CC(=O)[C@]2(NC(=O)c3ccc(Cl)s3)CCOC2)ccc1N1CCOCC1=NC#N. The van der Waals surface area contributed by atoms with E-state index in [4.69, 9.17) is 26.3 Å². The highest BCUT2D eigenvalue weighted by atomic mass is 35.5. The number of hydrogen-bond donors (Lipinski definition) is 1. The van der Waals surface area contributed by atoms with E-state index in [1.54, 1.807) is 12.1 Å². The summed E-state index contributed by atoms with van der Waals surface area (Å²) >= 11 is 7.12. The molecule has 1 aromatic heterocycles. The molecule has 2 saturated heterocycles. The minimum Gasteiger partial charge on any atom is -0.378 e. The van der Waals surface area contributed by atoms with E-state index in [9.17, 15) is 9.59 Å². The van der Waals surface area contributed by atoms with Crippen LogP contribution in [-0.2, 0) is 20.7 Å². The number of carbonyl (C=O) groups is 2. The maximum atomic E-state index is 13.3. The largest absolute Gasteiger partial charge is 0.378 e. The van der Waals surface area contributed by atoms with Gasteiger partial charge in [0.1, 0.15) is 18.0 Å². The van der Waals surface area contributed by atoms with Crippen molar-refractivity contribution in [3.8, 4) is 6.19 Å². The highest BCUT2D eigenvalue weighted by molar-refractivity contribution is 7.18. The summed E-state index contributed by atoms with van der Waals surface area (Å²) in [5.74, 6) is 0.143. The second kappa shape index (κ2) is 10.0. The molecule has 0 spiro atoms. The Bertz CT molecular complexity index is 1130. The predicted molar refractivity (Wildman–Crippen MR) is 126 cm³/mol. The second-order valence-electron chi connectivity index (χ2n) is 8.00. The van der Waals surface area contributed by atoms with Crippen molar-refractivity contribution in [2.24, 2.45) is 4.99 Å². The molecule has 1 aromatic carbocycles. The average molecular weight is 487 g/mol. The molecule has 0 unspecified atom stereocenters. The zero-order valence-electron chi connectivity index (χ0n) is 18.1. The summed E-state index contributed by atoms with van der Waals surface area (Å²) in [5.41, 5.74) is 1.66. The summed E-state index contributed by atoms with van der Waals surface area (Å²) in [7, 11) is 0. The lowest BCUT2D eigenvalue weighted by atomic mass is 9.88. The van der Waals surface area contributed by atoms with Crippen LogP contribution in [0.25, 0.3) is 0 Å². The van der Waals surface area contributed by atoms with E-state index in [-0.39, 0.29) is 31.3 Å². The van der Waals surface area contributed by atoms with E-state index in [2.05, 4.69) is 10.3 Å². The van der Waals surface area contributed by atoms with Crippen molar-refractivity contribution >= 4 is 46.2 Å². The van der Waals surface area contributed by atoms with Crippen molar-refractivity contribution in [3.63, 3.8) is 0 Å². The molecular weight excluding hydrogens is 464 g/mol. The number of ether oxygens (including phenoxy) is 2. The molecule has 33 heavy (non-hydrogen) atoms. The van der Waals surface area contributed by atoms with Gasteiger partial charge in [0, 0.05) is 31.7 Å². The van der Waals surface area contributed by atoms with Gasteiger partial charge in [-0.1, -0.05) is 23.7 Å². The Morgan fingerprint density at radius 2 is 2.15 bits per heavy atom. The number of halogens is 1. The summed E-state index contributed by atoms with van der Waals surface area (Å²) in [6.45, 7) is 3.94. The number of thiophene rings is 1. The number of hydrogen-bond acceptors (Lipinski definition) is 7. The Morgan fingerprint density at radius 1 is 1.30 bits per heavy atom. The van der Waals surface area contributed by atoms with Crippen LogP contribution in [0.2, 0.25) is 4.34 Å². The monoisotopic (exact) mass is 486 g/mol.